The first-order chi connectivity index (χ1) is 7.34. The van der Waals surface area contributed by atoms with Gasteiger partial charge in [-0.1, -0.05) is 20.8 Å². The summed E-state index contributed by atoms with van der Waals surface area (Å²) in [7, 11) is 0. The van der Waals surface area contributed by atoms with E-state index in [1.54, 1.807) is 12.1 Å². The monoisotopic (exact) mass is 223 g/mol. The van der Waals surface area contributed by atoms with Gasteiger partial charge in [-0.3, -0.25) is 0 Å². The molecule has 0 amide bonds. The van der Waals surface area contributed by atoms with E-state index in [1.165, 1.54) is 0 Å². The zero-order valence-corrected chi connectivity index (χ0v) is 10.8. The van der Waals surface area contributed by atoms with Crippen LogP contribution in [0, 0.1) is 31.5 Å². The highest BCUT2D eigenvalue weighted by Gasteiger charge is 2.21. The van der Waals surface area contributed by atoms with E-state index < -0.39 is 0 Å². The molecule has 0 saturated carbocycles. The Bertz CT molecular complexity index is 348. The van der Waals surface area contributed by atoms with Crippen LogP contribution in [0.1, 0.15) is 43.5 Å². The minimum absolute atomic E-state index is 0.0133. The lowest BCUT2D eigenvalue weighted by molar-refractivity contribution is 0.350. The van der Waals surface area contributed by atoms with E-state index >= 15 is 0 Å². The van der Waals surface area contributed by atoms with E-state index in [2.05, 4.69) is 20.8 Å². The molecule has 0 aromatic heterocycles. The molecule has 1 aromatic carbocycles. The summed E-state index contributed by atoms with van der Waals surface area (Å²) in [6, 6.07) is 3.12. The molecule has 0 radical (unpaired) electrons. The molecule has 1 rings (SSSR count). The topological polar surface area (TPSA) is 26.0 Å². The summed E-state index contributed by atoms with van der Waals surface area (Å²) in [4.78, 5) is 0. The van der Waals surface area contributed by atoms with Gasteiger partial charge in [-0.2, -0.15) is 0 Å². The molecule has 2 heteroatoms. The fourth-order valence-corrected chi connectivity index (χ4v) is 2.13. The SMILES string of the molecule is Cc1cc(F)cc(C)c1C(N)C(C)C(C)C. The van der Waals surface area contributed by atoms with E-state index in [9.17, 15) is 4.39 Å². The lowest BCUT2D eigenvalue weighted by Gasteiger charge is -2.26. The summed E-state index contributed by atoms with van der Waals surface area (Å²) < 4.78 is 13.2. The molecular formula is C14H22FN. The van der Waals surface area contributed by atoms with Gasteiger partial charge in [-0.05, 0) is 54.5 Å². The molecule has 0 aliphatic heterocycles. The molecule has 16 heavy (non-hydrogen) atoms. The van der Waals surface area contributed by atoms with Crippen molar-refractivity contribution < 1.29 is 4.39 Å². The summed E-state index contributed by atoms with van der Waals surface area (Å²) in [5, 5.41) is 0. The maximum absolute atomic E-state index is 13.2. The molecule has 0 fully saturated rings. The molecule has 2 unspecified atom stereocenters. The number of halogens is 1. The third-order valence-corrected chi connectivity index (χ3v) is 3.51. The van der Waals surface area contributed by atoms with E-state index in [-0.39, 0.29) is 11.9 Å². The second-order valence-electron chi connectivity index (χ2n) is 5.08. The van der Waals surface area contributed by atoms with Gasteiger partial charge in [0.05, 0.1) is 0 Å². The predicted octanol–water partition coefficient (Wildman–Crippen LogP) is 3.73. The van der Waals surface area contributed by atoms with Gasteiger partial charge in [0.1, 0.15) is 5.82 Å². The smallest absolute Gasteiger partial charge is 0.123 e. The first kappa shape index (κ1) is 13.2. The van der Waals surface area contributed by atoms with Crippen LogP contribution in [0.2, 0.25) is 0 Å². The van der Waals surface area contributed by atoms with Gasteiger partial charge in [-0.25, -0.2) is 4.39 Å². The normalized spacial score (nSPS) is 15.2. The standard InChI is InChI=1S/C14H22FN/c1-8(2)11(5)14(16)13-9(3)6-12(15)7-10(13)4/h6-8,11,14H,16H2,1-5H3. The van der Waals surface area contributed by atoms with Crippen molar-refractivity contribution in [2.45, 2.75) is 40.7 Å². The summed E-state index contributed by atoms with van der Waals surface area (Å²) in [5.74, 6) is 0.741. The van der Waals surface area contributed by atoms with Crippen LogP contribution in [0.5, 0.6) is 0 Å². The van der Waals surface area contributed by atoms with Gasteiger partial charge in [0.15, 0.2) is 0 Å². The van der Waals surface area contributed by atoms with Crippen LogP contribution >= 0.6 is 0 Å². The summed E-state index contributed by atoms with van der Waals surface area (Å²) >= 11 is 0. The van der Waals surface area contributed by atoms with Crippen LogP contribution in [0.15, 0.2) is 12.1 Å². The second-order valence-corrected chi connectivity index (χ2v) is 5.08. The highest BCUT2D eigenvalue weighted by molar-refractivity contribution is 5.37. The van der Waals surface area contributed by atoms with Crippen molar-refractivity contribution >= 4 is 0 Å². The molecule has 0 saturated heterocycles. The highest BCUT2D eigenvalue weighted by Crippen LogP contribution is 2.30. The van der Waals surface area contributed by atoms with Gasteiger partial charge >= 0.3 is 0 Å². The Labute approximate surface area is 97.9 Å². The lowest BCUT2D eigenvalue weighted by atomic mass is 9.83. The van der Waals surface area contributed by atoms with Gasteiger partial charge in [0.2, 0.25) is 0 Å². The predicted molar refractivity (Wildman–Crippen MR) is 66.8 cm³/mol. The quantitative estimate of drug-likeness (QED) is 0.830. The second kappa shape index (κ2) is 4.96. The Morgan fingerprint density at radius 2 is 1.50 bits per heavy atom. The van der Waals surface area contributed by atoms with Crippen LogP contribution in [-0.2, 0) is 0 Å². The molecule has 0 spiro atoms. The van der Waals surface area contributed by atoms with Crippen LogP contribution in [0.3, 0.4) is 0 Å². The molecule has 1 aromatic rings. The van der Waals surface area contributed by atoms with E-state index in [1.807, 2.05) is 13.8 Å². The zero-order valence-electron chi connectivity index (χ0n) is 10.8. The molecule has 0 aliphatic rings. The van der Waals surface area contributed by atoms with Crippen molar-refractivity contribution in [3.63, 3.8) is 0 Å². The molecule has 2 atom stereocenters. The minimum atomic E-state index is -0.178. The van der Waals surface area contributed by atoms with Crippen molar-refractivity contribution in [1.29, 1.82) is 0 Å². The lowest BCUT2D eigenvalue weighted by Crippen LogP contribution is -2.24. The van der Waals surface area contributed by atoms with Gasteiger partial charge in [-0.15, -0.1) is 0 Å². The Hall–Kier alpha value is -0.890. The van der Waals surface area contributed by atoms with Crippen molar-refractivity contribution in [2.75, 3.05) is 0 Å². The van der Waals surface area contributed by atoms with Gasteiger partial charge < -0.3 is 5.73 Å². The first-order valence-electron chi connectivity index (χ1n) is 5.86. The largest absolute Gasteiger partial charge is 0.324 e. The van der Waals surface area contributed by atoms with E-state index in [4.69, 9.17) is 5.73 Å². The van der Waals surface area contributed by atoms with E-state index in [0.29, 0.717) is 11.8 Å². The number of aryl methyl sites for hydroxylation is 2. The van der Waals surface area contributed by atoms with Crippen LogP contribution in [-0.4, -0.2) is 0 Å². The summed E-state index contributed by atoms with van der Waals surface area (Å²) in [6.45, 7) is 10.3. The van der Waals surface area contributed by atoms with Crippen molar-refractivity contribution in [3.8, 4) is 0 Å². The molecular weight excluding hydrogens is 201 g/mol. The molecule has 0 bridgehead atoms. The number of hydrogen-bond donors (Lipinski definition) is 1. The number of nitrogens with two attached hydrogens (primary N) is 1. The number of hydrogen-bond acceptors (Lipinski definition) is 1. The Morgan fingerprint density at radius 1 is 1.06 bits per heavy atom. The zero-order chi connectivity index (χ0) is 12.5. The van der Waals surface area contributed by atoms with Crippen molar-refractivity contribution in [1.82, 2.24) is 0 Å². The summed E-state index contributed by atoms with van der Waals surface area (Å²) in [5.41, 5.74) is 9.28. The minimum Gasteiger partial charge on any atom is -0.324 e. The molecule has 2 N–H and O–H groups in total. The van der Waals surface area contributed by atoms with Crippen LogP contribution < -0.4 is 5.73 Å². The number of rotatable bonds is 3. The fourth-order valence-electron chi connectivity index (χ4n) is 2.13. The van der Waals surface area contributed by atoms with E-state index in [0.717, 1.165) is 16.7 Å². The molecule has 0 aliphatic carbocycles. The fraction of sp³-hybridized carbons (Fsp3) is 0.571. The maximum Gasteiger partial charge on any atom is 0.123 e. The Balaban J connectivity index is 3.13. The Morgan fingerprint density at radius 3 is 1.88 bits per heavy atom. The van der Waals surface area contributed by atoms with Crippen molar-refractivity contribution in [3.05, 3.63) is 34.6 Å². The third-order valence-electron chi connectivity index (χ3n) is 3.51. The van der Waals surface area contributed by atoms with Crippen LogP contribution in [0.4, 0.5) is 4.39 Å². The summed E-state index contributed by atoms with van der Waals surface area (Å²) in [6.07, 6.45) is 0. The highest BCUT2D eigenvalue weighted by atomic mass is 19.1. The molecule has 90 valence electrons. The average molecular weight is 223 g/mol. The van der Waals surface area contributed by atoms with Crippen molar-refractivity contribution in [2.24, 2.45) is 17.6 Å². The van der Waals surface area contributed by atoms with Gasteiger partial charge in [0, 0.05) is 6.04 Å². The Kier molecular flexibility index (Phi) is 4.09. The third kappa shape index (κ3) is 2.62. The first-order valence-corrected chi connectivity index (χ1v) is 5.86. The van der Waals surface area contributed by atoms with Crippen LogP contribution in [0.25, 0.3) is 0 Å². The maximum atomic E-state index is 13.2. The van der Waals surface area contributed by atoms with Gasteiger partial charge in [0.25, 0.3) is 0 Å². The average Bonchev–Trinajstić information content (AvgIpc) is 2.14. The number of benzene rings is 1. The molecule has 0 heterocycles. The molecule has 1 nitrogen and oxygen atoms in total.